The largest absolute Gasteiger partial charge is 0.393 e. The van der Waals surface area contributed by atoms with Gasteiger partial charge in [-0.25, -0.2) is 0 Å². The van der Waals surface area contributed by atoms with Crippen LogP contribution in [0.15, 0.2) is 0 Å². The molecule has 0 heterocycles. The van der Waals surface area contributed by atoms with Gasteiger partial charge in [0.2, 0.25) is 0 Å². The van der Waals surface area contributed by atoms with E-state index in [1.54, 1.807) is 0 Å². The smallest absolute Gasteiger partial charge is 0.0512 e. The van der Waals surface area contributed by atoms with Gasteiger partial charge >= 0.3 is 0 Å². The first-order valence-electron chi connectivity index (χ1n) is 5.95. The molecule has 0 fully saturated rings. The van der Waals surface area contributed by atoms with Gasteiger partial charge in [0.05, 0.1) is 6.10 Å². The van der Waals surface area contributed by atoms with E-state index < -0.39 is 0 Å². The molecule has 1 atom stereocenters. The van der Waals surface area contributed by atoms with Crippen molar-refractivity contribution < 1.29 is 5.11 Å². The molecule has 0 spiro atoms. The first kappa shape index (κ1) is 13.0. The van der Waals surface area contributed by atoms with Crippen LogP contribution in [0.2, 0.25) is 0 Å². The minimum Gasteiger partial charge on any atom is -0.393 e. The molecule has 1 nitrogen and oxygen atoms in total. The summed E-state index contributed by atoms with van der Waals surface area (Å²) < 4.78 is 0. The van der Waals surface area contributed by atoms with E-state index in [0.29, 0.717) is 0 Å². The zero-order chi connectivity index (χ0) is 9.94. The molecule has 1 heteroatoms. The molecule has 0 amide bonds. The van der Waals surface area contributed by atoms with Gasteiger partial charge < -0.3 is 5.11 Å². The molecule has 0 aromatic rings. The van der Waals surface area contributed by atoms with Crippen LogP contribution in [0.25, 0.3) is 0 Å². The van der Waals surface area contributed by atoms with E-state index in [4.69, 9.17) is 5.11 Å². The maximum atomic E-state index is 9.03. The highest BCUT2D eigenvalue weighted by atomic mass is 16.3. The molecule has 0 saturated heterocycles. The Balaban J connectivity index is 2.84. The van der Waals surface area contributed by atoms with E-state index in [-0.39, 0.29) is 6.10 Å². The Kier molecular flexibility index (Phi) is 10.0. The summed E-state index contributed by atoms with van der Waals surface area (Å²) in [6, 6.07) is 0. The molecule has 0 aliphatic rings. The molecule has 0 aromatic heterocycles. The Labute approximate surface area is 83.5 Å². The van der Waals surface area contributed by atoms with Gasteiger partial charge in [0.15, 0.2) is 0 Å². The number of aliphatic hydroxyl groups excluding tert-OH is 1. The normalized spacial score (nSPS) is 13.2. The first-order chi connectivity index (χ1) is 6.27. The van der Waals surface area contributed by atoms with Crippen molar-refractivity contribution in [3.63, 3.8) is 0 Å². The highest BCUT2D eigenvalue weighted by molar-refractivity contribution is 4.49. The van der Waals surface area contributed by atoms with E-state index in [1.165, 1.54) is 51.4 Å². The van der Waals surface area contributed by atoms with Gasteiger partial charge in [-0.15, -0.1) is 0 Å². The van der Waals surface area contributed by atoms with Gasteiger partial charge in [-0.2, -0.15) is 0 Å². The molecule has 1 N–H and O–H groups in total. The Morgan fingerprint density at radius 1 is 0.846 bits per heavy atom. The number of unbranched alkanes of at least 4 members (excludes halogenated alkanes) is 7. The minimum absolute atomic E-state index is 0.0971. The average Bonchev–Trinajstić information content (AvgIpc) is 2.09. The molecule has 0 radical (unpaired) electrons. The fourth-order valence-electron chi connectivity index (χ4n) is 1.57. The van der Waals surface area contributed by atoms with E-state index >= 15 is 0 Å². The summed E-state index contributed by atoms with van der Waals surface area (Å²) in [5, 5.41) is 9.03. The predicted octanol–water partition coefficient (Wildman–Crippen LogP) is 3.90. The van der Waals surface area contributed by atoms with Crippen molar-refractivity contribution in [3.05, 3.63) is 0 Å². The minimum atomic E-state index is -0.0971. The van der Waals surface area contributed by atoms with Gasteiger partial charge in [0.25, 0.3) is 0 Å². The van der Waals surface area contributed by atoms with E-state index in [0.717, 1.165) is 6.42 Å². The van der Waals surface area contributed by atoms with Crippen LogP contribution in [0.3, 0.4) is 0 Å². The quantitative estimate of drug-likeness (QED) is 0.541. The van der Waals surface area contributed by atoms with Gasteiger partial charge in [0, 0.05) is 0 Å². The third kappa shape index (κ3) is 12.0. The van der Waals surface area contributed by atoms with Crippen LogP contribution in [-0.4, -0.2) is 11.2 Å². The van der Waals surface area contributed by atoms with Crippen molar-refractivity contribution in [2.75, 3.05) is 0 Å². The SMILES string of the molecule is CCCCCCCCCC[C@@H](C)O. The second kappa shape index (κ2) is 10.0. The summed E-state index contributed by atoms with van der Waals surface area (Å²) in [4.78, 5) is 0. The lowest BCUT2D eigenvalue weighted by Crippen LogP contribution is -1.98. The third-order valence-electron chi connectivity index (χ3n) is 2.48. The fraction of sp³-hybridized carbons (Fsp3) is 1.00. The van der Waals surface area contributed by atoms with Crippen LogP contribution in [0.1, 0.15) is 71.6 Å². The number of hydrogen-bond donors (Lipinski definition) is 1. The molecule has 0 bridgehead atoms. The average molecular weight is 186 g/mol. The molecular weight excluding hydrogens is 160 g/mol. The molecular formula is C12H26O. The van der Waals surface area contributed by atoms with Gasteiger partial charge in [0.1, 0.15) is 0 Å². The van der Waals surface area contributed by atoms with Gasteiger partial charge in [-0.1, -0.05) is 58.3 Å². The van der Waals surface area contributed by atoms with Crippen molar-refractivity contribution in [3.8, 4) is 0 Å². The summed E-state index contributed by atoms with van der Waals surface area (Å²) in [5.41, 5.74) is 0. The second-order valence-electron chi connectivity index (χ2n) is 4.11. The lowest BCUT2D eigenvalue weighted by Gasteiger charge is -2.03. The first-order valence-corrected chi connectivity index (χ1v) is 5.95. The van der Waals surface area contributed by atoms with Crippen LogP contribution < -0.4 is 0 Å². The third-order valence-corrected chi connectivity index (χ3v) is 2.48. The lowest BCUT2D eigenvalue weighted by molar-refractivity contribution is 0.180. The zero-order valence-corrected chi connectivity index (χ0v) is 9.39. The van der Waals surface area contributed by atoms with Gasteiger partial charge in [-0.3, -0.25) is 0 Å². The summed E-state index contributed by atoms with van der Waals surface area (Å²) in [5.74, 6) is 0. The Morgan fingerprint density at radius 2 is 1.31 bits per heavy atom. The van der Waals surface area contributed by atoms with Crippen LogP contribution in [0.4, 0.5) is 0 Å². The maximum Gasteiger partial charge on any atom is 0.0512 e. The van der Waals surface area contributed by atoms with Crippen molar-refractivity contribution >= 4 is 0 Å². The molecule has 80 valence electrons. The van der Waals surface area contributed by atoms with E-state index in [1.807, 2.05) is 6.92 Å². The lowest BCUT2D eigenvalue weighted by atomic mass is 10.1. The number of aliphatic hydroxyl groups is 1. The molecule has 0 unspecified atom stereocenters. The topological polar surface area (TPSA) is 20.2 Å². The molecule has 0 rings (SSSR count). The summed E-state index contributed by atoms with van der Waals surface area (Å²) in [7, 11) is 0. The summed E-state index contributed by atoms with van der Waals surface area (Å²) >= 11 is 0. The molecule has 13 heavy (non-hydrogen) atoms. The van der Waals surface area contributed by atoms with E-state index in [9.17, 15) is 0 Å². The molecule has 0 aliphatic heterocycles. The van der Waals surface area contributed by atoms with Crippen molar-refractivity contribution in [2.45, 2.75) is 77.7 Å². The van der Waals surface area contributed by atoms with E-state index in [2.05, 4.69) is 6.92 Å². The molecule has 0 aliphatic carbocycles. The zero-order valence-electron chi connectivity index (χ0n) is 9.39. The number of hydrogen-bond acceptors (Lipinski definition) is 1. The standard InChI is InChI=1S/C12H26O/c1-3-4-5-6-7-8-9-10-11-12(2)13/h12-13H,3-11H2,1-2H3/t12-/m1/s1. The summed E-state index contributed by atoms with van der Waals surface area (Å²) in [6.07, 6.45) is 11.7. The highest BCUT2D eigenvalue weighted by Crippen LogP contribution is 2.10. The van der Waals surface area contributed by atoms with Crippen molar-refractivity contribution in [1.82, 2.24) is 0 Å². The van der Waals surface area contributed by atoms with Crippen LogP contribution >= 0.6 is 0 Å². The van der Waals surface area contributed by atoms with Crippen molar-refractivity contribution in [1.29, 1.82) is 0 Å². The Hall–Kier alpha value is -0.0400. The maximum absolute atomic E-state index is 9.03. The fourth-order valence-corrected chi connectivity index (χ4v) is 1.57. The Morgan fingerprint density at radius 3 is 1.77 bits per heavy atom. The highest BCUT2D eigenvalue weighted by Gasteiger charge is 1.95. The van der Waals surface area contributed by atoms with Crippen LogP contribution in [-0.2, 0) is 0 Å². The summed E-state index contributed by atoms with van der Waals surface area (Å²) in [6.45, 7) is 4.13. The van der Waals surface area contributed by atoms with Crippen LogP contribution in [0, 0.1) is 0 Å². The van der Waals surface area contributed by atoms with Crippen LogP contribution in [0.5, 0.6) is 0 Å². The predicted molar refractivity (Wildman–Crippen MR) is 58.9 cm³/mol. The Bertz CT molecular complexity index is 89.1. The monoisotopic (exact) mass is 186 g/mol. The number of rotatable bonds is 9. The molecule has 0 aromatic carbocycles. The van der Waals surface area contributed by atoms with Gasteiger partial charge in [-0.05, 0) is 13.3 Å². The second-order valence-corrected chi connectivity index (χ2v) is 4.11. The molecule has 0 saturated carbocycles. The van der Waals surface area contributed by atoms with Crippen molar-refractivity contribution in [2.24, 2.45) is 0 Å².